The van der Waals surface area contributed by atoms with E-state index in [0.29, 0.717) is 5.92 Å². The van der Waals surface area contributed by atoms with Gasteiger partial charge in [-0.25, -0.2) is 0 Å². The van der Waals surface area contributed by atoms with E-state index in [1.165, 1.54) is 24.8 Å². The van der Waals surface area contributed by atoms with Crippen LogP contribution in [0.25, 0.3) is 0 Å². The molecule has 1 aromatic rings. The smallest absolute Gasteiger partial charge is 0.100 e. The normalized spacial score (nSPS) is 37.1. The molecule has 0 radical (unpaired) electrons. The molecule has 0 aromatic heterocycles. The van der Waals surface area contributed by atoms with E-state index in [1.807, 2.05) is 6.07 Å². The fourth-order valence-corrected chi connectivity index (χ4v) is 4.48. The summed E-state index contributed by atoms with van der Waals surface area (Å²) in [6.45, 7) is 0. The largest absolute Gasteiger partial charge is 0.132 e. The van der Waals surface area contributed by atoms with Gasteiger partial charge in [0.05, 0.1) is 0 Å². The van der Waals surface area contributed by atoms with E-state index < -0.39 is 4.33 Å². The van der Waals surface area contributed by atoms with Gasteiger partial charge in [0, 0.05) is 11.3 Å². The van der Waals surface area contributed by atoms with Crippen LogP contribution >= 0.6 is 23.2 Å². The van der Waals surface area contributed by atoms with Gasteiger partial charge >= 0.3 is 0 Å². The van der Waals surface area contributed by atoms with Gasteiger partial charge in [0.25, 0.3) is 0 Å². The molecule has 2 atom stereocenters. The summed E-state index contributed by atoms with van der Waals surface area (Å²) < 4.78 is -0.509. The second-order valence-corrected chi connectivity index (χ2v) is 6.14. The lowest BCUT2D eigenvalue weighted by Crippen LogP contribution is -2.17. The molecule has 2 aliphatic rings. The van der Waals surface area contributed by atoms with Crippen molar-refractivity contribution in [1.29, 1.82) is 0 Å². The van der Waals surface area contributed by atoms with Crippen LogP contribution in [-0.2, 0) is 5.41 Å². The lowest BCUT2D eigenvalue weighted by molar-refractivity contribution is 0.428. The second-order valence-electron chi connectivity index (χ2n) is 4.76. The van der Waals surface area contributed by atoms with E-state index in [9.17, 15) is 0 Å². The Bertz CT molecular complexity index is 371. The van der Waals surface area contributed by atoms with E-state index in [0.717, 1.165) is 6.42 Å². The lowest BCUT2D eigenvalue weighted by atomic mass is 9.83. The third-order valence-electron chi connectivity index (χ3n) is 4.15. The number of benzene rings is 1. The summed E-state index contributed by atoms with van der Waals surface area (Å²) in [5.74, 6) is 0.476. The van der Waals surface area contributed by atoms with Crippen molar-refractivity contribution in [2.45, 2.75) is 35.4 Å². The van der Waals surface area contributed by atoms with Crippen LogP contribution in [0.4, 0.5) is 0 Å². The highest BCUT2D eigenvalue weighted by Crippen LogP contribution is 2.74. The Morgan fingerprint density at radius 2 is 1.80 bits per heavy atom. The summed E-state index contributed by atoms with van der Waals surface area (Å²) in [6.07, 6.45) is 4.86. The molecule has 0 heterocycles. The first-order valence-corrected chi connectivity index (χ1v) is 6.38. The van der Waals surface area contributed by atoms with Crippen molar-refractivity contribution >= 4 is 23.2 Å². The molecule has 2 aliphatic carbocycles. The Hall–Kier alpha value is -0.200. The van der Waals surface area contributed by atoms with Crippen molar-refractivity contribution in [2.24, 2.45) is 5.92 Å². The first kappa shape index (κ1) is 9.99. The lowest BCUT2D eigenvalue weighted by Gasteiger charge is -2.22. The van der Waals surface area contributed by atoms with Gasteiger partial charge in [-0.3, -0.25) is 0 Å². The van der Waals surface area contributed by atoms with Crippen LogP contribution in [0.3, 0.4) is 0 Å². The molecular formula is C13H14Cl2. The minimum absolute atomic E-state index is 0.0651. The molecular weight excluding hydrogens is 227 g/mol. The van der Waals surface area contributed by atoms with Crippen LogP contribution in [0, 0.1) is 5.92 Å². The van der Waals surface area contributed by atoms with E-state index in [2.05, 4.69) is 24.3 Å². The fraction of sp³-hybridized carbons (Fsp3) is 0.538. The molecule has 2 unspecified atom stereocenters. The molecule has 0 spiro atoms. The maximum absolute atomic E-state index is 6.47. The van der Waals surface area contributed by atoms with Crippen molar-refractivity contribution in [1.82, 2.24) is 0 Å². The Morgan fingerprint density at radius 1 is 1.07 bits per heavy atom. The number of hydrogen-bond acceptors (Lipinski definition) is 0. The molecule has 0 saturated heterocycles. The predicted octanol–water partition coefficient (Wildman–Crippen LogP) is 4.30. The molecule has 0 aliphatic heterocycles. The van der Waals surface area contributed by atoms with Gasteiger partial charge in [-0.1, -0.05) is 43.2 Å². The van der Waals surface area contributed by atoms with Crippen molar-refractivity contribution in [3.8, 4) is 0 Å². The van der Waals surface area contributed by atoms with Crippen molar-refractivity contribution < 1.29 is 0 Å². The quantitative estimate of drug-likeness (QED) is 0.643. The topological polar surface area (TPSA) is 0 Å². The number of alkyl halides is 2. The Labute approximate surface area is 101 Å². The average molecular weight is 241 g/mol. The van der Waals surface area contributed by atoms with E-state index in [4.69, 9.17) is 23.2 Å². The standard InChI is InChI=1S/C13H14Cl2/c14-13(15)11-8-4-5-9-12(11,13)10-6-2-1-3-7-10/h1-3,6-7,11H,4-5,8-9H2. The number of fused-ring (bicyclic) bond motifs is 1. The zero-order valence-electron chi connectivity index (χ0n) is 8.55. The van der Waals surface area contributed by atoms with Crippen LogP contribution < -0.4 is 0 Å². The van der Waals surface area contributed by atoms with E-state index in [1.54, 1.807) is 0 Å². The Kier molecular flexibility index (Phi) is 2.10. The van der Waals surface area contributed by atoms with Gasteiger partial charge in [0.2, 0.25) is 0 Å². The summed E-state index contributed by atoms with van der Waals surface area (Å²) in [5, 5.41) is 0. The number of rotatable bonds is 1. The van der Waals surface area contributed by atoms with Crippen LogP contribution in [-0.4, -0.2) is 4.33 Å². The second kappa shape index (κ2) is 3.15. The van der Waals surface area contributed by atoms with Gasteiger partial charge in [0.15, 0.2) is 0 Å². The zero-order valence-corrected chi connectivity index (χ0v) is 10.1. The highest BCUT2D eigenvalue weighted by atomic mass is 35.5. The molecule has 0 N–H and O–H groups in total. The molecule has 80 valence electrons. The first-order valence-electron chi connectivity index (χ1n) is 5.63. The molecule has 0 amide bonds. The van der Waals surface area contributed by atoms with Crippen LogP contribution in [0.2, 0.25) is 0 Å². The first-order chi connectivity index (χ1) is 7.19. The van der Waals surface area contributed by atoms with Crippen LogP contribution in [0.15, 0.2) is 30.3 Å². The fourth-order valence-electron chi connectivity index (χ4n) is 3.33. The average Bonchev–Trinajstić information content (AvgIpc) is 2.80. The summed E-state index contributed by atoms with van der Waals surface area (Å²) in [6, 6.07) is 10.6. The molecule has 2 saturated carbocycles. The summed E-state index contributed by atoms with van der Waals surface area (Å²) in [4.78, 5) is 0. The third-order valence-corrected chi connectivity index (χ3v) is 5.35. The SMILES string of the molecule is ClC1(Cl)C2CCCCC21c1ccccc1. The van der Waals surface area contributed by atoms with Crippen LogP contribution in [0.5, 0.6) is 0 Å². The summed E-state index contributed by atoms with van der Waals surface area (Å²) in [7, 11) is 0. The predicted molar refractivity (Wildman–Crippen MR) is 64.5 cm³/mol. The number of hydrogen-bond donors (Lipinski definition) is 0. The highest BCUT2D eigenvalue weighted by Gasteiger charge is 2.75. The summed E-state index contributed by atoms with van der Waals surface area (Å²) >= 11 is 12.9. The molecule has 2 fully saturated rings. The van der Waals surface area contributed by atoms with Gasteiger partial charge in [0.1, 0.15) is 4.33 Å². The van der Waals surface area contributed by atoms with E-state index >= 15 is 0 Å². The molecule has 0 bridgehead atoms. The number of halogens is 2. The molecule has 3 rings (SSSR count). The Morgan fingerprint density at radius 3 is 2.47 bits per heavy atom. The van der Waals surface area contributed by atoms with Gasteiger partial charge in [-0.05, 0) is 18.4 Å². The molecule has 15 heavy (non-hydrogen) atoms. The van der Waals surface area contributed by atoms with Gasteiger partial charge < -0.3 is 0 Å². The minimum atomic E-state index is -0.509. The molecule has 0 nitrogen and oxygen atoms in total. The van der Waals surface area contributed by atoms with Gasteiger partial charge in [-0.15, -0.1) is 23.2 Å². The monoisotopic (exact) mass is 240 g/mol. The highest BCUT2D eigenvalue weighted by molar-refractivity contribution is 6.52. The van der Waals surface area contributed by atoms with Crippen LogP contribution in [0.1, 0.15) is 31.2 Å². The minimum Gasteiger partial charge on any atom is -0.100 e. The van der Waals surface area contributed by atoms with E-state index in [-0.39, 0.29) is 5.41 Å². The maximum Gasteiger partial charge on any atom is 0.132 e. The maximum atomic E-state index is 6.47. The third kappa shape index (κ3) is 1.15. The van der Waals surface area contributed by atoms with Crippen molar-refractivity contribution in [3.05, 3.63) is 35.9 Å². The molecule has 2 heteroatoms. The Balaban J connectivity index is 2.04. The van der Waals surface area contributed by atoms with Crippen molar-refractivity contribution in [3.63, 3.8) is 0 Å². The molecule has 1 aromatic carbocycles. The van der Waals surface area contributed by atoms with Crippen molar-refractivity contribution in [2.75, 3.05) is 0 Å². The zero-order chi connectivity index (χ0) is 10.5. The van der Waals surface area contributed by atoms with Gasteiger partial charge in [-0.2, -0.15) is 0 Å². The summed E-state index contributed by atoms with van der Waals surface area (Å²) in [5.41, 5.74) is 1.40.